The number of nitrogens with zero attached hydrogens (tertiary/aromatic N) is 2. The van der Waals surface area contributed by atoms with E-state index in [0.717, 1.165) is 24.8 Å². The van der Waals surface area contributed by atoms with Crippen molar-refractivity contribution in [3.05, 3.63) is 35.6 Å². The molecule has 0 aliphatic carbocycles. The van der Waals surface area contributed by atoms with Gasteiger partial charge >= 0.3 is 12.1 Å². The summed E-state index contributed by atoms with van der Waals surface area (Å²) in [4.78, 5) is 41.2. The van der Waals surface area contributed by atoms with Crippen molar-refractivity contribution in [3.63, 3.8) is 0 Å². The molecule has 4 atom stereocenters. The van der Waals surface area contributed by atoms with Crippen LogP contribution in [0.25, 0.3) is 0 Å². The second-order valence-corrected chi connectivity index (χ2v) is 16.4. The predicted octanol–water partition coefficient (Wildman–Crippen LogP) is 5.09. The lowest BCUT2D eigenvalue weighted by Crippen LogP contribution is -2.63. The maximum atomic E-state index is 13.2. The fourth-order valence-electron chi connectivity index (χ4n) is 5.28. The van der Waals surface area contributed by atoms with E-state index >= 15 is 0 Å². The SMILES string of the molecule is C=CCOC(=O)N1CCCCC1C=C(C)C1=C(C(=O)O)N2C(=O)[C@H]([C@@H](C)O[Si](C)(C)C(C)(C)C)[C@H]2C1. The minimum absolute atomic E-state index is 0.0110. The van der Waals surface area contributed by atoms with E-state index in [1.807, 2.05) is 19.9 Å². The van der Waals surface area contributed by atoms with Gasteiger partial charge in [0, 0.05) is 6.54 Å². The molecule has 0 bridgehead atoms. The van der Waals surface area contributed by atoms with Crippen molar-refractivity contribution in [2.45, 2.75) is 96.6 Å². The summed E-state index contributed by atoms with van der Waals surface area (Å²) in [5, 5.41) is 10.0. The summed E-state index contributed by atoms with van der Waals surface area (Å²) in [6.07, 6.45) is 5.95. The van der Waals surface area contributed by atoms with Crippen LogP contribution in [0, 0.1) is 5.92 Å². The second-order valence-electron chi connectivity index (χ2n) is 11.7. The molecule has 3 aliphatic heterocycles. The van der Waals surface area contributed by atoms with Gasteiger partial charge in [-0.05, 0) is 68.8 Å². The van der Waals surface area contributed by atoms with E-state index < -0.39 is 20.4 Å². The summed E-state index contributed by atoms with van der Waals surface area (Å²) >= 11 is 0. The summed E-state index contributed by atoms with van der Waals surface area (Å²) in [5.41, 5.74) is 1.51. The average Bonchev–Trinajstić information content (AvgIpc) is 3.12. The molecule has 0 aromatic carbocycles. The summed E-state index contributed by atoms with van der Waals surface area (Å²) in [5.74, 6) is -1.64. The molecule has 0 spiro atoms. The van der Waals surface area contributed by atoms with Crippen LogP contribution in [-0.2, 0) is 18.8 Å². The van der Waals surface area contributed by atoms with E-state index in [1.54, 1.807) is 4.90 Å². The van der Waals surface area contributed by atoms with Gasteiger partial charge in [0.1, 0.15) is 12.3 Å². The molecule has 0 aromatic heterocycles. The molecule has 0 aromatic rings. The fraction of sp³-hybridized carbons (Fsp3) is 0.667. The molecular weight excluding hydrogens is 476 g/mol. The van der Waals surface area contributed by atoms with Gasteiger partial charge in [0.2, 0.25) is 5.91 Å². The van der Waals surface area contributed by atoms with Gasteiger partial charge in [-0.15, -0.1) is 0 Å². The highest BCUT2D eigenvalue weighted by Crippen LogP contribution is 2.48. The molecule has 0 saturated carbocycles. The van der Waals surface area contributed by atoms with E-state index in [1.165, 1.54) is 11.0 Å². The first-order chi connectivity index (χ1) is 16.7. The van der Waals surface area contributed by atoms with Crippen LogP contribution in [-0.4, -0.2) is 72.5 Å². The van der Waals surface area contributed by atoms with E-state index in [-0.39, 0.29) is 47.4 Å². The normalized spacial score (nSPS) is 25.9. The molecule has 36 heavy (non-hydrogen) atoms. The van der Waals surface area contributed by atoms with Crippen molar-refractivity contribution >= 4 is 26.3 Å². The lowest BCUT2D eigenvalue weighted by Gasteiger charge is -2.48. The topological polar surface area (TPSA) is 96.4 Å². The van der Waals surface area contributed by atoms with Gasteiger partial charge in [-0.3, -0.25) is 4.79 Å². The van der Waals surface area contributed by atoms with Crippen LogP contribution in [0.3, 0.4) is 0 Å². The molecule has 200 valence electrons. The number of amides is 2. The number of carboxylic acid groups (broad SMARTS) is 1. The van der Waals surface area contributed by atoms with Gasteiger partial charge < -0.3 is 24.1 Å². The Morgan fingerprint density at radius 2 is 1.94 bits per heavy atom. The van der Waals surface area contributed by atoms with Crippen LogP contribution in [0.2, 0.25) is 18.1 Å². The number of carbonyl (C=O) groups is 3. The minimum Gasteiger partial charge on any atom is -0.477 e. The summed E-state index contributed by atoms with van der Waals surface area (Å²) in [6.45, 7) is 18.9. The van der Waals surface area contributed by atoms with Gasteiger partial charge in [-0.1, -0.05) is 39.5 Å². The van der Waals surface area contributed by atoms with Gasteiger partial charge in [0.15, 0.2) is 8.32 Å². The number of fused-ring (bicyclic) bond motifs is 1. The molecule has 2 fully saturated rings. The zero-order valence-electron chi connectivity index (χ0n) is 22.8. The van der Waals surface area contributed by atoms with Crippen LogP contribution < -0.4 is 0 Å². The van der Waals surface area contributed by atoms with E-state index in [4.69, 9.17) is 9.16 Å². The number of piperidine rings is 1. The molecule has 3 rings (SSSR count). The molecular formula is C27H42N2O6Si. The number of β-lactam (4-membered cyclic amide) rings is 1. The van der Waals surface area contributed by atoms with E-state index in [0.29, 0.717) is 18.5 Å². The zero-order chi connectivity index (χ0) is 27.0. The first-order valence-electron chi connectivity index (χ1n) is 12.9. The molecule has 8 nitrogen and oxygen atoms in total. The van der Waals surface area contributed by atoms with Crippen LogP contribution in [0.15, 0.2) is 35.6 Å². The Balaban J connectivity index is 1.82. The van der Waals surface area contributed by atoms with Crippen molar-refractivity contribution in [2.24, 2.45) is 5.92 Å². The maximum absolute atomic E-state index is 13.2. The highest BCUT2D eigenvalue weighted by Gasteiger charge is 2.58. The van der Waals surface area contributed by atoms with Crippen molar-refractivity contribution in [1.29, 1.82) is 0 Å². The smallest absolute Gasteiger partial charge is 0.410 e. The van der Waals surface area contributed by atoms with Crippen molar-refractivity contribution in [1.82, 2.24) is 9.80 Å². The minimum atomic E-state index is -2.09. The van der Waals surface area contributed by atoms with Crippen molar-refractivity contribution in [3.8, 4) is 0 Å². The number of hydrogen-bond donors (Lipinski definition) is 1. The second kappa shape index (κ2) is 10.5. The Labute approximate surface area is 216 Å². The fourth-order valence-corrected chi connectivity index (χ4v) is 6.71. The Bertz CT molecular complexity index is 979. The first kappa shape index (κ1) is 28.2. The highest BCUT2D eigenvalue weighted by atomic mass is 28.4. The van der Waals surface area contributed by atoms with Crippen LogP contribution in [0.5, 0.6) is 0 Å². The predicted molar refractivity (Wildman–Crippen MR) is 141 cm³/mol. The number of hydrogen-bond acceptors (Lipinski definition) is 5. The molecule has 9 heteroatoms. The van der Waals surface area contributed by atoms with Gasteiger partial charge in [0.25, 0.3) is 0 Å². The number of rotatable bonds is 8. The molecule has 1 unspecified atom stereocenters. The summed E-state index contributed by atoms with van der Waals surface area (Å²) in [6, 6.07) is -0.402. The van der Waals surface area contributed by atoms with Crippen molar-refractivity contribution in [2.75, 3.05) is 13.2 Å². The Hall–Kier alpha value is -2.39. The molecule has 2 saturated heterocycles. The third-order valence-corrected chi connectivity index (χ3v) is 12.8. The van der Waals surface area contributed by atoms with Crippen LogP contribution in [0.1, 0.15) is 60.3 Å². The number of likely N-dealkylation sites (tertiary alicyclic amines) is 1. The van der Waals surface area contributed by atoms with Crippen molar-refractivity contribution < 1.29 is 28.7 Å². The average molecular weight is 519 g/mol. The van der Waals surface area contributed by atoms with E-state index in [2.05, 4.69) is 40.4 Å². The number of carbonyl (C=O) groups excluding carboxylic acids is 2. The lowest BCUT2D eigenvalue weighted by molar-refractivity contribution is -0.160. The molecule has 1 N–H and O–H groups in total. The third kappa shape index (κ3) is 5.32. The van der Waals surface area contributed by atoms with Gasteiger partial charge in [0.05, 0.1) is 24.1 Å². The van der Waals surface area contributed by atoms with Crippen LogP contribution >= 0.6 is 0 Å². The highest BCUT2D eigenvalue weighted by molar-refractivity contribution is 6.74. The Kier molecular flexibility index (Phi) is 8.25. The molecule has 3 aliphatic rings. The number of aliphatic carboxylic acids is 1. The standard InChI is InChI=1S/C27H42N2O6Si/c1-9-14-34-26(33)28-13-11-10-12-19(28)15-17(2)20-16-21-22(24(30)29(21)23(20)25(31)32)18(3)35-36(7,8)27(4,5)6/h9,15,18-19,21-22H,1,10-14,16H2,2-8H3,(H,31,32)/t18-,19?,21-,22-/m1/s1. The molecule has 0 radical (unpaired) electrons. The zero-order valence-corrected chi connectivity index (χ0v) is 23.8. The maximum Gasteiger partial charge on any atom is 0.410 e. The van der Waals surface area contributed by atoms with Gasteiger partial charge in [-0.25, -0.2) is 9.59 Å². The quantitative estimate of drug-likeness (QED) is 0.273. The third-order valence-electron chi connectivity index (χ3n) is 8.23. The molecule has 2 amide bonds. The Morgan fingerprint density at radius 1 is 1.28 bits per heavy atom. The number of allylic oxidation sites excluding steroid dienone is 1. The van der Waals surface area contributed by atoms with Crippen LogP contribution in [0.4, 0.5) is 4.79 Å². The van der Waals surface area contributed by atoms with E-state index in [9.17, 15) is 19.5 Å². The summed E-state index contributed by atoms with van der Waals surface area (Å²) < 4.78 is 11.8. The lowest BCUT2D eigenvalue weighted by atomic mass is 9.82. The Morgan fingerprint density at radius 3 is 2.53 bits per heavy atom. The first-order valence-corrected chi connectivity index (χ1v) is 15.8. The molecule has 3 heterocycles. The number of carboxylic acids is 1. The summed E-state index contributed by atoms with van der Waals surface area (Å²) in [7, 11) is -2.09. The number of ether oxygens (including phenoxy) is 1. The largest absolute Gasteiger partial charge is 0.477 e. The monoisotopic (exact) mass is 518 g/mol. The van der Waals surface area contributed by atoms with Gasteiger partial charge in [-0.2, -0.15) is 0 Å².